The van der Waals surface area contributed by atoms with Crippen LogP contribution >= 0.6 is 39.7 Å². The highest BCUT2D eigenvalue weighted by molar-refractivity contribution is 9.10. The predicted molar refractivity (Wildman–Crippen MR) is 95.7 cm³/mol. The van der Waals surface area contributed by atoms with Crippen LogP contribution in [0.4, 0.5) is 23.2 Å². The van der Waals surface area contributed by atoms with Crippen LogP contribution in [0.5, 0.6) is 5.75 Å². The highest BCUT2D eigenvalue weighted by Crippen LogP contribution is 2.30. The summed E-state index contributed by atoms with van der Waals surface area (Å²) in [5, 5.41) is 4.27. The van der Waals surface area contributed by atoms with Gasteiger partial charge in [-0.05, 0) is 30.4 Å². The summed E-state index contributed by atoms with van der Waals surface area (Å²) in [7, 11) is 0.821. The predicted octanol–water partition coefficient (Wildman–Crippen LogP) is 4.79. The molecule has 0 bridgehead atoms. The fourth-order valence-electron chi connectivity index (χ4n) is 1.90. The van der Waals surface area contributed by atoms with E-state index in [0.717, 1.165) is 7.11 Å². The van der Waals surface area contributed by atoms with E-state index in [1.807, 2.05) is 5.32 Å². The van der Waals surface area contributed by atoms with Gasteiger partial charge in [-0.2, -0.15) is 8.78 Å². The number of nitrogens with one attached hydrogen (secondary N) is 2. The number of benzene rings is 2. The number of hydrogen-bond donors (Lipinski definition) is 2. The SMILES string of the molecule is COc1c(F)c(F)c(C(=O)NC(=S)Nc2ccc(Br)cc2Cl)c(F)c1F. The molecule has 0 saturated carbocycles. The van der Waals surface area contributed by atoms with Gasteiger partial charge in [-0.15, -0.1) is 0 Å². The Morgan fingerprint density at radius 3 is 2.23 bits per heavy atom. The van der Waals surface area contributed by atoms with Crippen LogP contribution in [0.15, 0.2) is 22.7 Å². The molecule has 11 heteroatoms. The normalized spacial score (nSPS) is 10.4. The Hall–Kier alpha value is -1.91. The van der Waals surface area contributed by atoms with E-state index in [2.05, 4.69) is 26.0 Å². The first-order valence-corrected chi connectivity index (χ1v) is 8.22. The Morgan fingerprint density at radius 2 is 1.73 bits per heavy atom. The van der Waals surface area contributed by atoms with Gasteiger partial charge in [-0.25, -0.2) is 8.78 Å². The number of carbonyl (C=O) groups excluding carboxylic acids is 1. The lowest BCUT2D eigenvalue weighted by atomic mass is 10.1. The van der Waals surface area contributed by atoms with Crippen LogP contribution in [-0.4, -0.2) is 18.1 Å². The van der Waals surface area contributed by atoms with Gasteiger partial charge in [-0.1, -0.05) is 27.5 Å². The number of halogens is 6. The van der Waals surface area contributed by atoms with Crippen molar-refractivity contribution in [3.8, 4) is 5.75 Å². The summed E-state index contributed by atoms with van der Waals surface area (Å²) >= 11 is 14.0. The molecule has 1 amide bonds. The number of anilines is 1. The minimum Gasteiger partial charge on any atom is -0.491 e. The van der Waals surface area contributed by atoms with Gasteiger partial charge >= 0.3 is 0 Å². The molecule has 0 spiro atoms. The third kappa shape index (κ3) is 4.08. The molecule has 0 saturated heterocycles. The van der Waals surface area contributed by atoms with E-state index in [1.54, 1.807) is 6.07 Å². The van der Waals surface area contributed by atoms with Gasteiger partial charge in [0.15, 0.2) is 22.5 Å². The van der Waals surface area contributed by atoms with E-state index in [1.165, 1.54) is 12.1 Å². The zero-order valence-electron chi connectivity index (χ0n) is 12.7. The number of hydrogen-bond acceptors (Lipinski definition) is 3. The van der Waals surface area contributed by atoms with Crippen LogP contribution in [-0.2, 0) is 0 Å². The lowest BCUT2D eigenvalue weighted by molar-refractivity contribution is 0.0966. The summed E-state index contributed by atoms with van der Waals surface area (Å²) in [5.74, 6) is -10.3. The molecule has 0 aliphatic heterocycles. The van der Waals surface area contributed by atoms with Crippen molar-refractivity contribution in [2.45, 2.75) is 0 Å². The van der Waals surface area contributed by atoms with E-state index < -0.39 is 45.6 Å². The topological polar surface area (TPSA) is 50.4 Å². The van der Waals surface area contributed by atoms with Crippen LogP contribution in [0.3, 0.4) is 0 Å². The Labute approximate surface area is 163 Å². The molecule has 0 aliphatic carbocycles. The fourth-order valence-corrected chi connectivity index (χ4v) is 2.82. The van der Waals surface area contributed by atoms with Gasteiger partial charge in [-0.3, -0.25) is 10.1 Å². The van der Waals surface area contributed by atoms with Crippen molar-refractivity contribution in [2.75, 3.05) is 12.4 Å². The Balaban J connectivity index is 2.26. The molecule has 2 aromatic rings. The molecule has 0 heterocycles. The minimum absolute atomic E-state index is 0.231. The number of carbonyl (C=O) groups is 1. The van der Waals surface area contributed by atoms with Crippen molar-refractivity contribution < 1.29 is 27.1 Å². The quantitative estimate of drug-likeness (QED) is 0.384. The van der Waals surface area contributed by atoms with Crippen molar-refractivity contribution in [2.24, 2.45) is 0 Å². The maximum absolute atomic E-state index is 13.9. The number of thiocarbonyl (C=S) groups is 1. The zero-order valence-corrected chi connectivity index (χ0v) is 15.9. The summed E-state index contributed by atoms with van der Waals surface area (Å²) in [6, 6.07) is 4.66. The molecule has 0 unspecified atom stereocenters. The second-order valence-corrected chi connectivity index (χ2v) is 6.43. The Kier molecular flexibility index (Phi) is 6.43. The second kappa shape index (κ2) is 8.19. The standard InChI is InChI=1S/C15H8BrClF4N2O2S/c1-25-13-11(20)9(18)8(10(19)12(13)21)14(24)23-15(26)22-7-3-2-5(16)4-6(7)17/h2-4H,1H3,(H2,22,23,24,26). The van der Waals surface area contributed by atoms with Gasteiger partial charge in [0.25, 0.3) is 5.91 Å². The lowest BCUT2D eigenvalue weighted by Crippen LogP contribution is -2.35. The summed E-state index contributed by atoms with van der Waals surface area (Å²) in [6.07, 6.45) is 0. The van der Waals surface area contributed by atoms with Crippen LogP contribution in [0, 0.1) is 23.3 Å². The molecule has 138 valence electrons. The van der Waals surface area contributed by atoms with Gasteiger partial charge < -0.3 is 10.1 Å². The molecular weight excluding hydrogens is 464 g/mol. The average Bonchev–Trinajstić information content (AvgIpc) is 2.56. The fraction of sp³-hybridized carbons (Fsp3) is 0.0667. The molecule has 0 fully saturated rings. The molecule has 0 aliphatic rings. The third-order valence-electron chi connectivity index (χ3n) is 3.06. The van der Waals surface area contributed by atoms with Crippen LogP contribution in [0.25, 0.3) is 0 Å². The largest absolute Gasteiger partial charge is 0.491 e. The molecule has 4 nitrogen and oxygen atoms in total. The monoisotopic (exact) mass is 470 g/mol. The molecule has 2 rings (SSSR count). The Bertz CT molecular complexity index is 885. The molecule has 2 aromatic carbocycles. The van der Waals surface area contributed by atoms with E-state index in [-0.39, 0.29) is 10.7 Å². The van der Waals surface area contributed by atoms with Crippen molar-refractivity contribution in [3.05, 3.63) is 56.5 Å². The van der Waals surface area contributed by atoms with Crippen LogP contribution in [0.1, 0.15) is 10.4 Å². The second-order valence-electron chi connectivity index (χ2n) is 4.70. The van der Waals surface area contributed by atoms with Crippen molar-refractivity contribution >= 4 is 56.5 Å². The average molecular weight is 472 g/mol. The smallest absolute Gasteiger partial charge is 0.263 e. The first kappa shape index (κ1) is 20.4. The van der Waals surface area contributed by atoms with Crippen LogP contribution in [0.2, 0.25) is 5.02 Å². The summed E-state index contributed by atoms with van der Waals surface area (Å²) < 4.78 is 60.1. The first-order chi connectivity index (χ1) is 12.2. The Morgan fingerprint density at radius 1 is 1.15 bits per heavy atom. The molecule has 0 atom stereocenters. The number of amides is 1. The molecule has 0 aromatic heterocycles. The molecule has 26 heavy (non-hydrogen) atoms. The van der Waals surface area contributed by atoms with Crippen LogP contribution < -0.4 is 15.4 Å². The first-order valence-electron chi connectivity index (χ1n) is 6.64. The molecule has 0 radical (unpaired) electrons. The van der Waals surface area contributed by atoms with Crippen molar-refractivity contribution in [1.82, 2.24) is 5.32 Å². The maximum Gasteiger partial charge on any atom is 0.263 e. The van der Waals surface area contributed by atoms with Crippen molar-refractivity contribution in [3.63, 3.8) is 0 Å². The lowest BCUT2D eigenvalue weighted by Gasteiger charge is -2.13. The minimum atomic E-state index is -1.91. The number of ether oxygens (including phenoxy) is 1. The highest BCUT2D eigenvalue weighted by atomic mass is 79.9. The molecule has 2 N–H and O–H groups in total. The van der Waals surface area contributed by atoms with Gasteiger partial charge in [0.05, 0.1) is 17.8 Å². The molecular formula is C15H8BrClF4N2O2S. The number of rotatable bonds is 3. The van der Waals surface area contributed by atoms with E-state index in [0.29, 0.717) is 4.47 Å². The highest BCUT2D eigenvalue weighted by Gasteiger charge is 2.30. The third-order valence-corrected chi connectivity index (χ3v) is 4.07. The summed E-state index contributed by atoms with van der Waals surface area (Å²) in [4.78, 5) is 12.0. The van der Waals surface area contributed by atoms with Gasteiger partial charge in [0.2, 0.25) is 11.6 Å². The summed E-state index contributed by atoms with van der Waals surface area (Å²) in [6.45, 7) is 0. The van der Waals surface area contributed by atoms with E-state index in [4.69, 9.17) is 23.8 Å². The van der Waals surface area contributed by atoms with E-state index >= 15 is 0 Å². The maximum atomic E-state index is 13.9. The van der Waals surface area contributed by atoms with E-state index in [9.17, 15) is 22.4 Å². The van der Waals surface area contributed by atoms with Crippen molar-refractivity contribution in [1.29, 1.82) is 0 Å². The summed E-state index contributed by atoms with van der Waals surface area (Å²) in [5.41, 5.74) is -1.19. The number of methoxy groups -OCH3 is 1. The zero-order chi connectivity index (χ0) is 19.6. The van der Waals surface area contributed by atoms with Gasteiger partial charge in [0, 0.05) is 4.47 Å². The van der Waals surface area contributed by atoms with Gasteiger partial charge in [0.1, 0.15) is 5.56 Å².